The van der Waals surface area contributed by atoms with Crippen molar-refractivity contribution in [2.75, 3.05) is 39.5 Å². The molecule has 3 saturated heterocycles. The van der Waals surface area contributed by atoms with E-state index in [-0.39, 0.29) is 31.3 Å². The lowest BCUT2D eigenvalue weighted by molar-refractivity contribution is -0.389. The van der Waals surface area contributed by atoms with Crippen LogP contribution in [0.25, 0.3) is 0 Å². The van der Waals surface area contributed by atoms with Gasteiger partial charge in [-0.25, -0.2) is 0 Å². The number of fused-ring (bicyclic) bond motifs is 6. The van der Waals surface area contributed by atoms with Crippen LogP contribution in [0.4, 0.5) is 11.4 Å². The van der Waals surface area contributed by atoms with Gasteiger partial charge in [0.15, 0.2) is 5.75 Å². The summed E-state index contributed by atoms with van der Waals surface area (Å²) in [5.74, 6) is -0.293. The maximum Gasteiger partial charge on any atom is 0.750 e. The second-order valence-corrected chi connectivity index (χ2v) is 7.23. The van der Waals surface area contributed by atoms with E-state index in [9.17, 15) is 20.2 Å². The normalized spacial score (nSPS) is 26.9. The third-order valence-corrected chi connectivity index (χ3v) is 5.79. The lowest BCUT2D eigenvalue weighted by Gasteiger charge is -2.36. The van der Waals surface area contributed by atoms with E-state index in [4.69, 9.17) is 17.7 Å². The van der Waals surface area contributed by atoms with Gasteiger partial charge in [0.05, 0.1) is 35.7 Å². The zero-order valence-electron chi connectivity index (χ0n) is 12.6. The molecule has 0 saturated carbocycles. The van der Waals surface area contributed by atoms with Crippen molar-refractivity contribution in [3.63, 3.8) is 0 Å². The molecular weight excluding hydrogens is 342 g/mol. The Labute approximate surface area is 137 Å². The monoisotopic (exact) mass is 357 g/mol. The van der Waals surface area contributed by atoms with Gasteiger partial charge < -0.3 is 17.7 Å². The molecule has 24 heavy (non-hydrogen) atoms. The summed E-state index contributed by atoms with van der Waals surface area (Å²) in [4.78, 5) is 22.9. The van der Waals surface area contributed by atoms with Gasteiger partial charge in [-0.15, -0.1) is 0 Å². The van der Waals surface area contributed by atoms with E-state index in [0.29, 0.717) is 19.6 Å². The first-order chi connectivity index (χ1) is 11.5. The number of benzene rings is 1. The maximum absolute atomic E-state index is 11.2. The van der Waals surface area contributed by atoms with Crippen LogP contribution in [0.1, 0.15) is 0 Å². The zero-order valence-corrected chi connectivity index (χ0v) is 13.6. The molecule has 0 unspecified atom stereocenters. The number of nitrogens with zero attached hydrogens (tertiary/aromatic N) is 3. The van der Waals surface area contributed by atoms with E-state index in [1.165, 1.54) is 0 Å². The first-order valence-electron chi connectivity index (χ1n) is 7.25. The van der Waals surface area contributed by atoms with Gasteiger partial charge in [-0.3, -0.25) is 25.1 Å². The van der Waals surface area contributed by atoms with Gasteiger partial charge in [-0.2, -0.15) is 0 Å². The minimum absolute atomic E-state index is 0.287. The SMILES string of the molecule is O=[N+]([O-])c1ccc([N+](=O)[O-])c(O[Si]23OCCN(CCO2)CCO3)c1. The standard InChI is InChI=1S/C12H15N3O8Si/c16-14(17)10-1-2-11(15(18)19)12(9-10)23-24-20-6-3-13(4-7-21-24)5-8-22-24/h1-2,9H,3-8H2. The lowest BCUT2D eigenvalue weighted by Crippen LogP contribution is -2.59. The van der Waals surface area contributed by atoms with Gasteiger partial charge in [0.2, 0.25) is 0 Å². The molecule has 0 amide bonds. The van der Waals surface area contributed by atoms with Crippen LogP contribution < -0.4 is 4.43 Å². The van der Waals surface area contributed by atoms with Crippen molar-refractivity contribution >= 4 is 20.4 Å². The van der Waals surface area contributed by atoms with Crippen molar-refractivity contribution in [2.45, 2.75) is 0 Å². The van der Waals surface area contributed by atoms with Crippen LogP contribution in [0.5, 0.6) is 5.75 Å². The van der Waals surface area contributed by atoms with Crippen LogP contribution in [0.3, 0.4) is 0 Å². The second kappa shape index (κ2) is 6.78. The van der Waals surface area contributed by atoms with E-state index >= 15 is 0 Å². The van der Waals surface area contributed by atoms with Crippen LogP contribution in [0.15, 0.2) is 18.2 Å². The molecule has 3 aliphatic rings. The van der Waals surface area contributed by atoms with Crippen molar-refractivity contribution in [2.24, 2.45) is 0 Å². The molecule has 0 N–H and O–H groups in total. The summed E-state index contributed by atoms with van der Waals surface area (Å²) in [5.41, 5.74) is -0.743. The largest absolute Gasteiger partial charge is 0.750 e. The average molecular weight is 357 g/mol. The summed E-state index contributed by atoms with van der Waals surface area (Å²) >= 11 is 0. The topological polar surface area (TPSA) is 126 Å². The molecule has 1 aromatic carbocycles. The van der Waals surface area contributed by atoms with E-state index in [1.807, 2.05) is 0 Å². The first-order valence-corrected chi connectivity index (χ1v) is 8.88. The fourth-order valence-corrected chi connectivity index (χ4v) is 4.32. The third-order valence-electron chi connectivity index (χ3n) is 3.64. The highest BCUT2D eigenvalue weighted by Crippen LogP contribution is 2.34. The van der Waals surface area contributed by atoms with Crippen LogP contribution in [0, 0.1) is 20.2 Å². The van der Waals surface area contributed by atoms with E-state index in [1.54, 1.807) is 0 Å². The Bertz CT molecular complexity index is 631. The highest BCUT2D eigenvalue weighted by Gasteiger charge is 2.52. The number of rotatable bonds is 4. The van der Waals surface area contributed by atoms with Crippen molar-refractivity contribution < 1.29 is 27.6 Å². The summed E-state index contributed by atoms with van der Waals surface area (Å²) in [6.07, 6.45) is 0. The summed E-state index contributed by atoms with van der Waals surface area (Å²) in [5, 5.41) is 22.1. The van der Waals surface area contributed by atoms with Gasteiger partial charge in [0.1, 0.15) is 0 Å². The van der Waals surface area contributed by atoms with Gasteiger partial charge in [0.25, 0.3) is 5.69 Å². The Morgan fingerprint density at radius 2 is 1.58 bits per heavy atom. The number of non-ortho nitro benzene ring substituents is 1. The maximum atomic E-state index is 11.2. The van der Waals surface area contributed by atoms with Crippen molar-refractivity contribution in [3.05, 3.63) is 38.4 Å². The molecule has 0 spiro atoms. The molecule has 0 atom stereocenters. The Balaban J connectivity index is 1.93. The number of hydrogen-bond donors (Lipinski definition) is 0. The molecule has 3 aliphatic heterocycles. The minimum atomic E-state index is -3.66. The molecule has 3 fully saturated rings. The third kappa shape index (κ3) is 3.52. The summed E-state index contributed by atoms with van der Waals surface area (Å²) < 4.78 is 22.5. The van der Waals surface area contributed by atoms with E-state index < -0.39 is 24.6 Å². The zero-order chi connectivity index (χ0) is 17.2. The van der Waals surface area contributed by atoms with Crippen molar-refractivity contribution in [3.8, 4) is 5.75 Å². The molecule has 0 aromatic heterocycles. The first kappa shape index (κ1) is 16.7. The Kier molecular flexibility index (Phi) is 4.73. The molecule has 0 aliphatic carbocycles. The smallest absolute Gasteiger partial charge is 0.473 e. The summed E-state index contributed by atoms with van der Waals surface area (Å²) in [7, 11) is -3.66. The fourth-order valence-electron chi connectivity index (χ4n) is 2.43. The van der Waals surface area contributed by atoms with Crippen LogP contribution in [-0.2, 0) is 13.3 Å². The van der Waals surface area contributed by atoms with Crippen LogP contribution in [0.2, 0.25) is 0 Å². The predicted molar refractivity (Wildman–Crippen MR) is 80.4 cm³/mol. The molecule has 11 nitrogen and oxygen atoms in total. The van der Waals surface area contributed by atoms with Gasteiger partial charge in [0, 0.05) is 31.8 Å². The molecule has 1 aromatic rings. The predicted octanol–water partition coefficient (Wildman–Crippen LogP) is 0.696. The molecule has 3 heterocycles. The highest BCUT2D eigenvalue weighted by molar-refractivity contribution is 6.54. The molecule has 130 valence electrons. The van der Waals surface area contributed by atoms with Crippen molar-refractivity contribution in [1.82, 2.24) is 4.90 Å². The number of hydrogen-bond acceptors (Lipinski definition) is 9. The number of nitro groups is 2. The van der Waals surface area contributed by atoms with Crippen molar-refractivity contribution in [1.29, 1.82) is 0 Å². The Morgan fingerprint density at radius 1 is 1.00 bits per heavy atom. The Hall–Kier alpha value is -2.12. The lowest BCUT2D eigenvalue weighted by atomic mass is 10.2. The molecule has 4 rings (SSSR count). The van der Waals surface area contributed by atoms with Gasteiger partial charge in [-0.05, 0) is 0 Å². The molecular formula is C12H15N3O8Si. The van der Waals surface area contributed by atoms with E-state index in [0.717, 1.165) is 18.2 Å². The van der Waals surface area contributed by atoms with Gasteiger partial charge >= 0.3 is 14.7 Å². The fraction of sp³-hybridized carbons (Fsp3) is 0.500. The minimum Gasteiger partial charge on any atom is -0.473 e. The summed E-state index contributed by atoms with van der Waals surface area (Å²) in [6.45, 7) is 2.87. The quantitative estimate of drug-likeness (QED) is 0.434. The average Bonchev–Trinajstić information content (AvgIpc) is 2.47. The van der Waals surface area contributed by atoms with Gasteiger partial charge in [-0.1, -0.05) is 0 Å². The number of nitro benzene ring substituents is 2. The second-order valence-electron chi connectivity index (χ2n) is 5.16. The molecule has 2 bridgehead atoms. The Morgan fingerprint density at radius 3 is 2.08 bits per heavy atom. The van der Waals surface area contributed by atoms with Crippen LogP contribution in [-0.4, -0.2) is 63.2 Å². The molecule has 0 radical (unpaired) electrons. The molecule has 12 heteroatoms. The van der Waals surface area contributed by atoms with Crippen LogP contribution >= 0.6 is 0 Å². The highest BCUT2D eigenvalue weighted by atomic mass is 28.4. The summed E-state index contributed by atoms with van der Waals surface area (Å²) in [6, 6.07) is 3.05. The van der Waals surface area contributed by atoms with E-state index in [2.05, 4.69) is 4.90 Å².